The van der Waals surface area contributed by atoms with Gasteiger partial charge in [-0.3, -0.25) is 0 Å². The minimum Gasteiger partial charge on any atom is -0.493 e. The Labute approximate surface area is 140 Å². The van der Waals surface area contributed by atoms with Crippen molar-refractivity contribution in [2.45, 2.75) is 6.54 Å². The van der Waals surface area contributed by atoms with Gasteiger partial charge in [-0.25, -0.2) is 14.8 Å². The first-order valence-electron chi connectivity index (χ1n) is 7.30. The van der Waals surface area contributed by atoms with Gasteiger partial charge in [0, 0.05) is 20.3 Å². The Hall–Kier alpha value is -3.03. The Morgan fingerprint density at radius 3 is 2.67 bits per heavy atom. The van der Waals surface area contributed by atoms with Gasteiger partial charge in [0.05, 0.1) is 26.5 Å². The molecule has 24 heavy (non-hydrogen) atoms. The number of ether oxygens (including phenoxy) is 2. The molecule has 2 rings (SSSR count). The molecule has 2 aromatic rings. The Morgan fingerprint density at radius 1 is 1.21 bits per heavy atom. The van der Waals surface area contributed by atoms with Crippen molar-refractivity contribution in [1.29, 1.82) is 0 Å². The highest BCUT2D eigenvalue weighted by atomic mass is 16.5. The summed E-state index contributed by atoms with van der Waals surface area (Å²) in [6.07, 6.45) is 1.66. The number of urea groups is 1. The lowest BCUT2D eigenvalue weighted by Crippen LogP contribution is -2.29. The molecule has 0 aliphatic rings. The number of carbonyl (C=O) groups is 1. The fourth-order valence-electron chi connectivity index (χ4n) is 2.03. The van der Waals surface area contributed by atoms with Gasteiger partial charge in [-0.2, -0.15) is 0 Å². The van der Waals surface area contributed by atoms with Crippen molar-refractivity contribution >= 4 is 17.5 Å². The van der Waals surface area contributed by atoms with Gasteiger partial charge in [0.15, 0.2) is 11.5 Å². The van der Waals surface area contributed by atoms with E-state index in [0.29, 0.717) is 23.0 Å². The Morgan fingerprint density at radius 2 is 2.00 bits per heavy atom. The maximum absolute atomic E-state index is 12.1. The maximum atomic E-state index is 12.1. The summed E-state index contributed by atoms with van der Waals surface area (Å²) < 4.78 is 10.5. The average molecular weight is 331 g/mol. The van der Waals surface area contributed by atoms with Gasteiger partial charge < -0.3 is 25.0 Å². The molecule has 0 unspecified atom stereocenters. The summed E-state index contributed by atoms with van der Waals surface area (Å²) >= 11 is 0. The molecule has 8 heteroatoms. The Balaban J connectivity index is 2.00. The van der Waals surface area contributed by atoms with Crippen LogP contribution in [0.2, 0.25) is 0 Å². The van der Waals surface area contributed by atoms with Gasteiger partial charge in [0.25, 0.3) is 0 Å². The molecule has 1 heterocycles. The summed E-state index contributed by atoms with van der Waals surface area (Å²) in [7, 11) is 6.83. The number of anilines is 2. The normalized spacial score (nSPS) is 10.0. The third-order valence-corrected chi connectivity index (χ3v) is 3.21. The average Bonchev–Trinajstić information content (AvgIpc) is 2.59. The molecule has 2 amide bonds. The van der Waals surface area contributed by atoms with E-state index < -0.39 is 0 Å². The van der Waals surface area contributed by atoms with E-state index in [1.807, 2.05) is 19.0 Å². The highest BCUT2D eigenvalue weighted by Crippen LogP contribution is 2.34. The van der Waals surface area contributed by atoms with Crippen molar-refractivity contribution in [1.82, 2.24) is 15.3 Å². The summed E-state index contributed by atoms with van der Waals surface area (Å²) in [4.78, 5) is 22.4. The predicted molar refractivity (Wildman–Crippen MR) is 91.8 cm³/mol. The second-order valence-electron chi connectivity index (χ2n) is 5.07. The Kier molecular flexibility index (Phi) is 5.78. The molecule has 0 saturated heterocycles. The van der Waals surface area contributed by atoms with Crippen LogP contribution in [-0.4, -0.2) is 44.3 Å². The fraction of sp³-hybridized carbons (Fsp3) is 0.312. The lowest BCUT2D eigenvalue weighted by atomic mass is 10.2. The first-order chi connectivity index (χ1) is 11.5. The van der Waals surface area contributed by atoms with Crippen LogP contribution in [0.5, 0.6) is 11.5 Å². The SMILES string of the molecule is COc1cccc(NC(=O)NCc2nccc(N(C)C)n2)c1OC. The summed E-state index contributed by atoms with van der Waals surface area (Å²) in [6.45, 7) is 0.208. The molecular formula is C16H21N5O3. The summed E-state index contributed by atoms with van der Waals surface area (Å²) in [5, 5.41) is 5.44. The van der Waals surface area contributed by atoms with Crippen molar-refractivity contribution in [3.8, 4) is 11.5 Å². The van der Waals surface area contributed by atoms with E-state index in [1.54, 1.807) is 30.5 Å². The van der Waals surface area contributed by atoms with Crippen LogP contribution in [-0.2, 0) is 6.54 Å². The molecule has 0 aliphatic carbocycles. The molecule has 0 atom stereocenters. The molecule has 0 spiro atoms. The van der Waals surface area contributed by atoms with E-state index in [0.717, 1.165) is 5.82 Å². The number of methoxy groups -OCH3 is 2. The van der Waals surface area contributed by atoms with Crippen molar-refractivity contribution in [2.75, 3.05) is 38.5 Å². The van der Waals surface area contributed by atoms with Crippen LogP contribution >= 0.6 is 0 Å². The standard InChI is InChI=1S/C16H21N5O3/c1-21(2)14-8-9-17-13(20-14)10-18-16(22)19-11-6-5-7-12(23-3)15(11)24-4/h5-9H,10H2,1-4H3,(H2,18,19,22). The second kappa shape index (κ2) is 8.00. The highest BCUT2D eigenvalue weighted by Gasteiger charge is 2.12. The van der Waals surface area contributed by atoms with Crippen molar-refractivity contribution < 1.29 is 14.3 Å². The number of nitrogens with zero attached hydrogens (tertiary/aromatic N) is 3. The van der Waals surface area contributed by atoms with Crippen molar-refractivity contribution in [3.63, 3.8) is 0 Å². The molecule has 0 fully saturated rings. The minimum absolute atomic E-state index is 0.208. The number of para-hydroxylation sites is 1. The topological polar surface area (TPSA) is 88.6 Å². The lowest BCUT2D eigenvalue weighted by molar-refractivity contribution is 0.251. The zero-order chi connectivity index (χ0) is 17.5. The lowest BCUT2D eigenvalue weighted by Gasteiger charge is -2.14. The van der Waals surface area contributed by atoms with E-state index in [2.05, 4.69) is 20.6 Å². The van der Waals surface area contributed by atoms with Crippen molar-refractivity contribution in [3.05, 3.63) is 36.3 Å². The van der Waals surface area contributed by atoms with Gasteiger partial charge in [0.2, 0.25) is 0 Å². The molecule has 1 aromatic carbocycles. The maximum Gasteiger partial charge on any atom is 0.319 e. The summed E-state index contributed by atoms with van der Waals surface area (Å²) in [6, 6.07) is 6.65. The van der Waals surface area contributed by atoms with Crippen LogP contribution in [0.4, 0.5) is 16.3 Å². The monoisotopic (exact) mass is 331 g/mol. The Bertz CT molecular complexity index is 706. The molecule has 128 valence electrons. The number of nitrogens with one attached hydrogen (secondary N) is 2. The predicted octanol–water partition coefficient (Wildman–Crippen LogP) is 1.88. The smallest absolute Gasteiger partial charge is 0.319 e. The number of aromatic nitrogens is 2. The van der Waals surface area contributed by atoms with Gasteiger partial charge in [-0.15, -0.1) is 0 Å². The molecular weight excluding hydrogens is 310 g/mol. The van der Waals surface area contributed by atoms with Crippen molar-refractivity contribution in [2.24, 2.45) is 0 Å². The van der Waals surface area contributed by atoms with Crippen LogP contribution in [0.1, 0.15) is 5.82 Å². The molecule has 0 radical (unpaired) electrons. The molecule has 0 aliphatic heterocycles. The fourth-order valence-corrected chi connectivity index (χ4v) is 2.03. The number of hydrogen-bond donors (Lipinski definition) is 2. The van der Waals surface area contributed by atoms with Crippen LogP contribution in [0, 0.1) is 0 Å². The number of rotatable bonds is 6. The molecule has 0 saturated carbocycles. The van der Waals surface area contributed by atoms with E-state index in [-0.39, 0.29) is 12.6 Å². The summed E-state index contributed by atoms with van der Waals surface area (Å²) in [5.41, 5.74) is 0.511. The van der Waals surface area contributed by atoms with E-state index in [4.69, 9.17) is 9.47 Å². The van der Waals surface area contributed by atoms with E-state index >= 15 is 0 Å². The van der Waals surface area contributed by atoms with Gasteiger partial charge in [0.1, 0.15) is 11.6 Å². The zero-order valence-electron chi connectivity index (χ0n) is 14.2. The first kappa shape index (κ1) is 17.3. The second-order valence-corrected chi connectivity index (χ2v) is 5.07. The minimum atomic E-state index is -0.389. The van der Waals surface area contributed by atoms with Crippen LogP contribution in [0.15, 0.2) is 30.5 Å². The first-order valence-corrected chi connectivity index (χ1v) is 7.30. The molecule has 0 bridgehead atoms. The molecule has 1 aromatic heterocycles. The zero-order valence-corrected chi connectivity index (χ0v) is 14.2. The quantitative estimate of drug-likeness (QED) is 0.840. The van der Waals surface area contributed by atoms with Crippen LogP contribution in [0.25, 0.3) is 0 Å². The number of carbonyl (C=O) groups excluding carboxylic acids is 1. The third kappa shape index (κ3) is 4.25. The molecule has 8 nitrogen and oxygen atoms in total. The van der Waals surface area contributed by atoms with Crippen LogP contribution < -0.4 is 25.0 Å². The van der Waals surface area contributed by atoms with Gasteiger partial charge in [-0.05, 0) is 18.2 Å². The number of hydrogen-bond acceptors (Lipinski definition) is 6. The van der Waals surface area contributed by atoms with E-state index in [9.17, 15) is 4.79 Å². The highest BCUT2D eigenvalue weighted by molar-refractivity contribution is 5.91. The summed E-state index contributed by atoms with van der Waals surface area (Å²) in [5.74, 6) is 2.30. The largest absolute Gasteiger partial charge is 0.493 e. The van der Waals surface area contributed by atoms with Gasteiger partial charge >= 0.3 is 6.03 Å². The molecule has 2 N–H and O–H groups in total. The van der Waals surface area contributed by atoms with Crippen LogP contribution in [0.3, 0.4) is 0 Å². The third-order valence-electron chi connectivity index (χ3n) is 3.21. The van der Waals surface area contributed by atoms with Gasteiger partial charge in [-0.1, -0.05) is 6.07 Å². The number of amides is 2. The van der Waals surface area contributed by atoms with E-state index in [1.165, 1.54) is 14.2 Å². The number of benzene rings is 1.